The van der Waals surface area contributed by atoms with E-state index in [1.165, 1.54) is 0 Å². The van der Waals surface area contributed by atoms with Gasteiger partial charge in [-0.25, -0.2) is 4.98 Å². The molecule has 3 nitrogen and oxygen atoms in total. The Hall–Kier alpha value is -1.59. The Balaban J connectivity index is 2.18. The minimum absolute atomic E-state index is 0.617. The molecule has 5 heteroatoms. The second kappa shape index (κ2) is 4.59. The smallest absolute Gasteiger partial charge is 0.140 e. The second-order valence-corrected chi connectivity index (χ2v) is 5.34. The molecule has 0 spiro atoms. The van der Waals surface area contributed by atoms with Crippen LogP contribution in [0.5, 0.6) is 0 Å². The summed E-state index contributed by atoms with van der Waals surface area (Å²) in [5, 5.41) is 2.04. The summed E-state index contributed by atoms with van der Waals surface area (Å²) in [7, 11) is 0. The zero-order valence-electron chi connectivity index (χ0n) is 9.80. The van der Waals surface area contributed by atoms with Gasteiger partial charge in [-0.15, -0.1) is 11.3 Å². The van der Waals surface area contributed by atoms with Gasteiger partial charge in [0.1, 0.15) is 10.5 Å². The summed E-state index contributed by atoms with van der Waals surface area (Å²) in [6.07, 6.45) is 2.75. The van der Waals surface area contributed by atoms with Gasteiger partial charge >= 0.3 is 0 Å². The number of thiophene rings is 1. The summed E-state index contributed by atoms with van der Waals surface area (Å²) in [6, 6.07) is 6.01. The average Bonchev–Trinajstić information content (AvgIpc) is 2.85. The molecule has 0 unspecified atom stereocenters. The Kier molecular flexibility index (Phi) is 2.93. The first-order valence-corrected chi connectivity index (χ1v) is 6.99. The molecule has 0 aromatic carbocycles. The van der Waals surface area contributed by atoms with Crippen molar-refractivity contribution in [3.63, 3.8) is 0 Å². The highest BCUT2D eigenvalue weighted by atomic mass is 32.1. The minimum Gasteiger partial charge on any atom is -0.343 e. The van der Waals surface area contributed by atoms with Crippen LogP contribution in [0.4, 0.5) is 0 Å². The van der Waals surface area contributed by atoms with Crippen molar-refractivity contribution in [2.75, 3.05) is 0 Å². The number of nitrogens with one attached hydrogen (secondary N) is 1. The van der Waals surface area contributed by atoms with E-state index in [2.05, 4.69) is 27.9 Å². The van der Waals surface area contributed by atoms with E-state index in [0.29, 0.717) is 4.64 Å². The van der Waals surface area contributed by atoms with Crippen molar-refractivity contribution >= 4 is 33.8 Å². The first-order valence-electron chi connectivity index (χ1n) is 5.70. The van der Waals surface area contributed by atoms with Crippen LogP contribution >= 0.6 is 23.6 Å². The van der Waals surface area contributed by atoms with Crippen LogP contribution in [0.1, 0.15) is 12.6 Å². The van der Waals surface area contributed by atoms with Crippen LogP contribution in [-0.2, 0) is 6.42 Å². The van der Waals surface area contributed by atoms with Gasteiger partial charge in [-0.05, 0) is 30.0 Å². The SMILES string of the molecule is CCc1cc(=S)nc(-c2cnc3ccsc3c2)[nH]1. The number of nitrogens with zero attached hydrogens (tertiary/aromatic N) is 2. The maximum Gasteiger partial charge on any atom is 0.140 e. The lowest BCUT2D eigenvalue weighted by molar-refractivity contribution is 0.998. The van der Waals surface area contributed by atoms with Crippen LogP contribution in [0.15, 0.2) is 29.8 Å². The number of H-pyrrole nitrogens is 1. The van der Waals surface area contributed by atoms with Crippen molar-refractivity contribution in [1.29, 1.82) is 0 Å². The topological polar surface area (TPSA) is 41.6 Å². The molecule has 3 aromatic rings. The monoisotopic (exact) mass is 273 g/mol. The molecule has 0 aliphatic carbocycles. The minimum atomic E-state index is 0.617. The van der Waals surface area contributed by atoms with Gasteiger partial charge in [0.15, 0.2) is 0 Å². The van der Waals surface area contributed by atoms with E-state index in [1.54, 1.807) is 11.3 Å². The van der Waals surface area contributed by atoms with E-state index in [1.807, 2.05) is 23.7 Å². The highest BCUT2D eigenvalue weighted by Gasteiger charge is 2.04. The molecule has 0 aliphatic rings. The molecular formula is C13H11N3S2. The third-order valence-electron chi connectivity index (χ3n) is 2.76. The maximum absolute atomic E-state index is 5.18. The van der Waals surface area contributed by atoms with Gasteiger partial charge in [0, 0.05) is 17.5 Å². The summed E-state index contributed by atoms with van der Waals surface area (Å²) in [6.45, 7) is 2.09. The third kappa shape index (κ3) is 2.07. The molecular weight excluding hydrogens is 262 g/mol. The zero-order valence-corrected chi connectivity index (χ0v) is 11.4. The molecule has 0 saturated carbocycles. The number of aryl methyl sites for hydroxylation is 1. The van der Waals surface area contributed by atoms with Crippen molar-refractivity contribution in [2.45, 2.75) is 13.3 Å². The number of hydrogen-bond acceptors (Lipinski definition) is 4. The van der Waals surface area contributed by atoms with E-state index in [4.69, 9.17) is 12.2 Å². The van der Waals surface area contributed by atoms with Gasteiger partial charge in [-0.3, -0.25) is 4.98 Å². The largest absolute Gasteiger partial charge is 0.343 e. The van der Waals surface area contributed by atoms with E-state index >= 15 is 0 Å². The quantitative estimate of drug-likeness (QED) is 0.718. The molecule has 18 heavy (non-hydrogen) atoms. The van der Waals surface area contributed by atoms with E-state index in [0.717, 1.165) is 33.7 Å². The molecule has 0 saturated heterocycles. The predicted molar refractivity (Wildman–Crippen MR) is 77.4 cm³/mol. The van der Waals surface area contributed by atoms with Crippen molar-refractivity contribution in [1.82, 2.24) is 15.0 Å². The highest BCUT2D eigenvalue weighted by molar-refractivity contribution is 7.71. The Morgan fingerprint density at radius 1 is 1.39 bits per heavy atom. The first kappa shape index (κ1) is 11.5. The number of rotatable bonds is 2. The third-order valence-corrected chi connectivity index (χ3v) is 3.82. The summed E-state index contributed by atoms with van der Waals surface area (Å²) in [4.78, 5) is 12.1. The standard InChI is InChI=1S/C13H11N3S2/c1-2-9-6-12(17)16-13(15-9)8-5-11-10(14-7-8)3-4-18-11/h3-7H,2H2,1H3,(H,15,16,17). The second-order valence-electron chi connectivity index (χ2n) is 3.97. The average molecular weight is 273 g/mol. The zero-order chi connectivity index (χ0) is 12.5. The van der Waals surface area contributed by atoms with Crippen molar-refractivity contribution in [3.8, 4) is 11.4 Å². The van der Waals surface area contributed by atoms with E-state index in [-0.39, 0.29) is 0 Å². The summed E-state index contributed by atoms with van der Waals surface area (Å²) in [5.41, 5.74) is 3.09. The molecule has 1 N–H and O–H groups in total. The number of aromatic amines is 1. The van der Waals surface area contributed by atoms with Gasteiger partial charge < -0.3 is 4.98 Å². The number of fused-ring (bicyclic) bond motifs is 1. The molecule has 0 atom stereocenters. The molecule has 0 radical (unpaired) electrons. The number of hydrogen-bond donors (Lipinski definition) is 1. The maximum atomic E-state index is 5.18. The predicted octanol–water partition coefficient (Wildman–Crippen LogP) is 3.98. The van der Waals surface area contributed by atoms with Crippen LogP contribution in [0.2, 0.25) is 0 Å². The van der Waals surface area contributed by atoms with Crippen LogP contribution < -0.4 is 0 Å². The summed E-state index contributed by atoms with van der Waals surface area (Å²) < 4.78 is 1.78. The van der Waals surface area contributed by atoms with Crippen molar-refractivity contribution in [3.05, 3.63) is 40.1 Å². The highest BCUT2D eigenvalue weighted by Crippen LogP contribution is 2.24. The molecule has 0 aliphatic heterocycles. The summed E-state index contributed by atoms with van der Waals surface area (Å²) in [5.74, 6) is 0.794. The Bertz CT molecular complexity index is 758. The molecule has 0 fully saturated rings. The lowest BCUT2D eigenvalue weighted by atomic mass is 10.2. The van der Waals surface area contributed by atoms with E-state index < -0.39 is 0 Å². The van der Waals surface area contributed by atoms with Crippen LogP contribution in [0.3, 0.4) is 0 Å². The molecule has 0 amide bonds. The van der Waals surface area contributed by atoms with Crippen molar-refractivity contribution in [2.24, 2.45) is 0 Å². The molecule has 0 bridgehead atoms. The van der Waals surface area contributed by atoms with Crippen LogP contribution in [-0.4, -0.2) is 15.0 Å². The van der Waals surface area contributed by atoms with Crippen molar-refractivity contribution < 1.29 is 0 Å². The number of pyridine rings is 1. The van der Waals surface area contributed by atoms with Gasteiger partial charge in [-0.1, -0.05) is 19.1 Å². The van der Waals surface area contributed by atoms with Gasteiger partial charge in [-0.2, -0.15) is 0 Å². The lowest BCUT2D eigenvalue weighted by Crippen LogP contribution is -1.95. The van der Waals surface area contributed by atoms with Crippen LogP contribution in [0.25, 0.3) is 21.6 Å². The van der Waals surface area contributed by atoms with Gasteiger partial charge in [0.05, 0.1) is 10.2 Å². The fraction of sp³-hybridized carbons (Fsp3) is 0.154. The fourth-order valence-electron chi connectivity index (χ4n) is 1.81. The molecule has 3 heterocycles. The summed E-state index contributed by atoms with van der Waals surface area (Å²) >= 11 is 6.86. The Morgan fingerprint density at radius 3 is 3.11 bits per heavy atom. The Morgan fingerprint density at radius 2 is 2.28 bits per heavy atom. The number of aromatic nitrogens is 3. The lowest BCUT2D eigenvalue weighted by Gasteiger charge is -2.04. The van der Waals surface area contributed by atoms with Gasteiger partial charge in [0.2, 0.25) is 0 Å². The van der Waals surface area contributed by atoms with E-state index in [9.17, 15) is 0 Å². The van der Waals surface area contributed by atoms with Gasteiger partial charge in [0.25, 0.3) is 0 Å². The normalized spacial score (nSPS) is 10.9. The fourth-order valence-corrected chi connectivity index (χ4v) is 2.82. The molecule has 3 rings (SSSR count). The van der Waals surface area contributed by atoms with Crippen LogP contribution in [0, 0.1) is 4.64 Å². The molecule has 90 valence electrons. The molecule has 3 aromatic heterocycles. The first-order chi connectivity index (χ1) is 8.76. The Labute approximate surface area is 114 Å².